The number of methoxy groups -OCH3 is 1. The molecule has 3 aromatic rings. The highest BCUT2D eigenvalue weighted by atomic mass is 16.5. The van der Waals surface area contributed by atoms with Crippen molar-refractivity contribution in [1.29, 1.82) is 0 Å². The van der Waals surface area contributed by atoms with Crippen LogP contribution in [0.1, 0.15) is 29.3 Å². The molecule has 1 aliphatic heterocycles. The number of aromatic nitrogens is 3. The Morgan fingerprint density at radius 1 is 1.30 bits per heavy atom. The number of rotatable bonds is 2. The molecule has 0 saturated heterocycles. The second-order valence-corrected chi connectivity index (χ2v) is 5.54. The number of pyridine rings is 2. The van der Waals surface area contributed by atoms with Crippen LogP contribution in [0.5, 0.6) is 5.88 Å². The van der Waals surface area contributed by atoms with Crippen molar-refractivity contribution in [2.24, 2.45) is 0 Å². The Morgan fingerprint density at radius 3 is 3.00 bits per heavy atom. The number of imidazole rings is 1. The van der Waals surface area contributed by atoms with E-state index in [0.29, 0.717) is 18.8 Å². The third-order valence-electron chi connectivity index (χ3n) is 4.19. The predicted molar refractivity (Wildman–Crippen MR) is 84.3 cm³/mol. The monoisotopic (exact) mass is 308 g/mol. The van der Waals surface area contributed by atoms with Crippen LogP contribution in [-0.2, 0) is 11.3 Å². The first-order valence-electron chi connectivity index (χ1n) is 7.49. The molecule has 1 N–H and O–H groups in total. The minimum Gasteiger partial charge on any atom is -0.481 e. The van der Waals surface area contributed by atoms with Gasteiger partial charge < -0.3 is 14.5 Å². The van der Waals surface area contributed by atoms with Crippen LogP contribution in [0.4, 0.5) is 0 Å². The molecule has 0 radical (unpaired) electrons. The Bertz CT molecular complexity index is 870. The second kappa shape index (κ2) is 5.39. The van der Waals surface area contributed by atoms with Crippen LogP contribution < -0.4 is 10.1 Å². The zero-order valence-electron chi connectivity index (χ0n) is 12.7. The fourth-order valence-corrected chi connectivity index (χ4v) is 3.09. The maximum Gasteiger partial charge on any atom is 0.221 e. The number of hydrogen-bond acceptors (Lipinski definition) is 4. The van der Waals surface area contributed by atoms with Crippen molar-refractivity contribution in [3.8, 4) is 5.88 Å². The van der Waals surface area contributed by atoms with E-state index in [0.717, 1.165) is 22.6 Å². The van der Waals surface area contributed by atoms with Gasteiger partial charge in [-0.2, -0.15) is 0 Å². The maximum atomic E-state index is 12.1. The van der Waals surface area contributed by atoms with Crippen LogP contribution in [0, 0.1) is 0 Å². The van der Waals surface area contributed by atoms with Gasteiger partial charge in [0.15, 0.2) is 0 Å². The van der Waals surface area contributed by atoms with Crippen LogP contribution in [0.15, 0.2) is 42.7 Å². The number of carbonyl (C=O) groups is 1. The number of amides is 1. The number of fused-ring (bicyclic) bond motifs is 3. The van der Waals surface area contributed by atoms with Crippen LogP contribution in [0.3, 0.4) is 0 Å². The highest BCUT2D eigenvalue weighted by Crippen LogP contribution is 2.33. The molecule has 0 aromatic carbocycles. The molecule has 0 unspecified atom stereocenters. The minimum atomic E-state index is -0.0803. The van der Waals surface area contributed by atoms with E-state index in [1.807, 2.05) is 36.5 Å². The molecule has 3 aromatic heterocycles. The van der Waals surface area contributed by atoms with Gasteiger partial charge in [0.2, 0.25) is 11.8 Å². The fraction of sp³-hybridized carbons (Fsp3) is 0.235. The van der Waals surface area contributed by atoms with Gasteiger partial charge in [-0.1, -0.05) is 12.1 Å². The number of carbonyl (C=O) groups excluding carboxylic acids is 1. The van der Waals surface area contributed by atoms with Gasteiger partial charge in [-0.15, -0.1) is 0 Å². The van der Waals surface area contributed by atoms with E-state index in [-0.39, 0.29) is 11.8 Å². The topological polar surface area (TPSA) is 68.5 Å². The highest BCUT2D eigenvalue weighted by Gasteiger charge is 2.28. The smallest absolute Gasteiger partial charge is 0.221 e. The summed E-state index contributed by atoms with van der Waals surface area (Å²) < 4.78 is 7.18. The van der Waals surface area contributed by atoms with Gasteiger partial charge in [0, 0.05) is 30.8 Å². The van der Waals surface area contributed by atoms with Crippen molar-refractivity contribution in [1.82, 2.24) is 19.7 Å². The van der Waals surface area contributed by atoms with Crippen LogP contribution in [-0.4, -0.2) is 27.4 Å². The molecule has 0 spiro atoms. The summed E-state index contributed by atoms with van der Waals surface area (Å²) in [6, 6.07) is 9.69. The highest BCUT2D eigenvalue weighted by molar-refractivity contribution is 5.78. The van der Waals surface area contributed by atoms with Gasteiger partial charge in [-0.05, 0) is 17.7 Å². The Morgan fingerprint density at radius 2 is 2.22 bits per heavy atom. The van der Waals surface area contributed by atoms with E-state index < -0.39 is 0 Å². The lowest BCUT2D eigenvalue weighted by Gasteiger charge is -2.15. The lowest BCUT2D eigenvalue weighted by molar-refractivity contribution is -0.121. The van der Waals surface area contributed by atoms with Gasteiger partial charge in [-0.3, -0.25) is 4.79 Å². The summed E-state index contributed by atoms with van der Waals surface area (Å²) in [6.07, 6.45) is 4.14. The minimum absolute atomic E-state index is 0.0218. The van der Waals surface area contributed by atoms with Crippen LogP contribution in [0.2, 0.25) is 0 Å². The largest absolute Gasteiger partial charge is 0.481 e. The van der Waals surface area contributed by atoms with E-state index in [1.54, 1.807) is 13.3 Å². The molecule has 116 valence electrons. The third kappa shape index (κ3) is 2.32. The molecule has 0 fully saturated rings. The molecular formula is C17H16N4O2. The van der Waals surface area contributed by atoms with E-state index >= 15 is 0 Å². The van der Waals surface area contributed by atoms with E-state index in [1.165, 1.54) is 0 Å². The number of nitrogens with zero attached hydrogens (tertiary/aromatic N) is 3. The zero-order valence-corrected chi connectivity index (χ0v) is 12.7. The first-order chi connectivity index (χ1) is 11.3. The Balaban J connectivity index is 1.89. The lowest BCUT2D eigenvalue weighted by Crippen LogP contribution is -2.21. The average Bonchev–Trinajstić information content (AvgIpc) is 2.88. The molecule has 6 nitrogen and oxygen atoms in total. The molecule has 23 heavy (non-hydrogen) atoms. The van der Waals surface area contributed by atoms with Crippen molar-refractivity contribution in [3.05, 3.63) is 59.7 Å². The van der Waals surface area contributed by atoms with Crippen molar-refractivity contribution >= 4 is 11.6 Å². The van der Waals surface area contributed by atoms with E-state index in [9.17, 15) is 4.79 Å². The fourth-order valence-electron chi connectivity index (χ4n) is 3.09. The molecule has 4 heterocycles. The van der Waals surface area contributed by atoms with Gasteiger partial charge in [0.1, 0.15) is 5.65 Å². The number of nitrogens with one attached hydrogen (secondary N) is 1. The second-order valence-electron chi connectivity index (χ2n) is 5.54. The van der Waals surface area contributed by atoms with Crippen molar-refractivity contribution < 1.29 is 9.53 Å². The molecule has 1 aliphatic rings. The van der Waals surface area contributed by atoms with Crippen molar-refractivity contribution in [2.45, 2.75) is 18.9 Å². The van der Waals surface area contributed by atoms with Crippen LogP contribution in [0.25, 0.3) is 5.65 Å². The molecule has 4 rings (SSSR count). The molecule has 0 bridgehead atoms. The summed E-state index contributed by atoms with van der Waals surface area (Å²) >= 11 is 0. The summed E-state index contributed by atoms with van der Waals surface area (Å²) in [5.41, 5.74) is 3.82. The Labute approximate surface area is 133 Å². The average molecular weight is 308 g/mol. The van der Waals surface area contributed by atoms with Gasteiger partial charge in [0.25, 0.3) is 0 Å². The summed E-state index contributed by atoms with van der Waals surface area (Å²) in [5.74, 6) is 0.502. The molecule has 1 amide bonds. The third-order valence-corrected chi connectivity index (χ3v) is 4.19. The van der Waals surface area contributed by atoms with E-state index in [4.69, 9.17) is 4.74 Å². The Kier molecular flexibility index (Phi) is 3.22. The summed E-state index contributed by atoms with van der Waals surface area (Å²) in [7, 11) is 1.59. The molecule has 0 aliphatic carbocycles. The summed E-state index contributed by atoms with van der Waals surface area (Å²) in [4.78, 5) is 21.0. The molecular weight excluding hydrogens is 292 g/mol. The molecule has 6 heteroatoms. The molecule has 1 atom stereocenters. The quantitative estimate of drug-likeness (QED) is 0.785. The number of ether oxygens (including phenoxy) is 1. The predicted octanol–water partition coefficient (Wildman–Crippen LogP) is 1.89. The van der Waals surface area contributed by atoms with E-state index in [2.05, 4.69) is 19.7 Å². The summed E-state index contributed by atoms with van der Waals surface area (Å²) in [6.45, 7) is 0.454. The van der Waals surface area contributed by atoms with Crippen molar-refractivity contribution in [3.63, 3.8) is 0 Å². The van der Waals surface area contributed by atoms with Crippen LogP contribution >= 0.6 is 0 Å². The summed E-state index contributed by atoms with van der Waals surface area (Å²) in [5, 5.41) is 2.92. The van der Waals surface area contributed by atoms with Gasteiger partial charge in [0.05, 0.1) is 25.0 Å². The lowest BCUT2D eigenvalue weighted by atomic mass is 9.93. The van der Waals surface area contributed by atoms with Crippen molar-refractivity contribution in [2.75, 3.05) is 7.11 Å². The number of hydrogen-bond donors (Lipinski definition) is 1. The first-order valence-corrected chi connectivity index (χ1v) is 7.49. The molecule has 0 saturated carbocycles. The normalized spacial score (nSPS) is 17.4. The van der Waals surface area contributed by atoms with Gasteiger partial charge in [-0.25, -0.2) is 9.97 Å². The SMILES string of the molecule is COc1ccc([C@H]2CC(=O)NCc3nc4ccccn4c32)cn1. The zero-order chi connectivity index (χ0) is 15.8. The maximum absolute atomic E-state index is 12.1. The first kappa shape index (κ1) is 13.8. The standard InChI is InChI=1S/C17H16N4O2/c1-23-16-6-5-11(9-19-16)12-8-15(22)18-10-13-17(12)21-7-3-2-4-14(21)20-13/h2-7,9,12H,8,10H2,1H3,(H,18,22)/t12-/m1/s1. The Hall–Kier alpha value is -2.89. The van der Waals surface area contributed by atoms with Gasteiger partial charge >= 0.3 is 0 Å².